The van der Waals surface area contributed by atoms with E-state index in [4.69, 9.17) is 0 Å². The van der Waals surface area contributed by atoms with Crippen molar-refractivity contribution in [1.82, 2.24) is 0 Å². The summed E-state index contributed by atoms with van der Waals surface area (Å²) in [6.45, 7) is 5.88. The third kappa shape index (κ3) is 3.27. The Bertz CT molecular complexity index is 680. The average molecular weight is 289 g/mol. The predicted octanol–water partition coefficient (Wildman–Crippen LogP) is 4.65. The SMILES string of the molecule is Cc1cccc(C(C)C)c1NC(=O)c1cc(F)ccc1F. The van der Waals surface area contributed by atoms with Crippen LogP contribution in [0.3, 0.4) is 0 Å². The van der Waals surface area contributed by atoms with Gasteiger partial charge in [0, 0.05) is 5.69 Å². The molecule has 0 spiro atoms. The van der Waals surface area contributed by atoms with Crippen LogP contribution in [0.2, 0.25) is 0 Å². The third-order valence-electron chi connectivity index (χ3n) is 3.34. The van der Waals surface area contributed by atoms with Crippen LogP contribution in [0.25, 0.3) is 0 Å². The van der Waals surface area contributed by atoms with Crippen molar-refractivity contribution in [3.05, 3.63) is 64.7 Å². The van der Waals surface area contributed by atoms with Gasteiger partial charge in [0.25, 0.3) is 5.91 Å². The van der Waals surface area contributed by atoms with Crippen molar-refractivity contribution in [2.24, 2.45) is 0 Å². The first-order chi connectivity index (χ1) is 9.90. The first-order valence-electron chi connectivity index (χ1n) is 6.76. The van der Waals surface area contributed by atoms with E-state index in [-0.39, 0.29) is 11.5 Å². The smallest absolute Gasteiger partial charge is 0.258 e. The van der Waals surface area contributed by atoms with E-state index in [1.807, 2.05) is 39.0 Å². The molecule has 0 aliphatic heterocycles. The number of anilines is 1. The van der Waals surface area contributed by atoms with Crippen molar-refractivity contribution in [1.29, 1.82) is 0 Å². The van der Waals surface area contributed by atoms with Gasteiger partial charge in [-0.1, -0.05) is 32.0 Å². The van der Waals surface area contributed by atoms with E-state index >= 15 is 0 Å². The Morgan fingerprint density at radius 2 is 1.86 bits per heavy atom. The molecular weight excluding hydrogens is 272 g/mol. The van der Waals surface area contributed by atoms with E-state index < -0.39 is 17.5 Å². The highest BCUT2D eigenvalue weighted by Crippen LogP contribution is 2.28. The van der Waals surface area contributed by atoms with Crippen LogP contribution in [0.5, 0.6) is 0 Å². The highest BCUT2D eigenvalue weighted by molar-refractivity contribution is 6.05. The third-order valence-corrected chi connectivity index (χ3v) is 3.34. The van der Waals surface area contributed by atoms with Crippen molar-refractivity contribution in [3.63, 3.8) is 0 Å². The maximum absolute atomic E-state index is 13.7. The molecule has 1 N–H and O–H groups in total. The highest BCUT2D eigenvalue weighted by atomic mass is 19.1. The molecule has 0 unspecified atom stereocenters. The van der Waals surface area contributed by atoms with Gasteiger partial charge in [-0.2, -0.15) is 0 Å². The number of benzene rings is 2. The molecule has 0 atom stereocenters. The fourth-order valence-electron chi connectivity index (χ4n) is 2.19. The van der Waals surface area contributed by atoms with Crippen LogP contribution in [0, 0.1) is 18.6 Å². The summed E-state index contributed by atoms with van der Waals surface area (Å²) < 4.78 is 26.8. The number of rotatable bonds is 3. The molecule has 4 heteroatoms. The van der Waals surface area contributed by atoms with Gasteiger partial charge in [0.15, 0.2) is 0 Å². The fraction of sp³-hybridized carbons (Fsp3) is 0.235. The molecular formula is C17H17F2NO. The highest BCUT2D eigenvalue weighted by Gasteiger charge is 2.16. The summed E-state index contributed by atoms with van der Waals surface area (Å²) in [6, 6.07) is 8.52. The van der Waals surface area contributed by atoms with E-state index in [2.05, 4.69) is 5.32 Å². The normalized spacial score (nSPS) is 10.8. The summed E-state index contributed by atoms with van der Waals surface area (Å²) in [7, 11) is 0. The van der Waals surface area contributed by atoms with Crippen molar-refractivity contribution >= 4 is 11.6 Å². The zero-order valence-corrected chi connectivity index (χ0v) is 12.2. The molecule has 0 radical (unpaired) electrons. The van der Waals surface area contributed by atoms with Crippen LogP contribution < -0.4 is 5.32 Å². The number of para-hydroxylation sites is 1. The molecule has 2 rings (SSSR count). The molecule has 0 saturated carbocycles. The second kappa shape index (κ2) is 6.04. The van der Waals surface area contributed by atoms with Crippen molar-refractivity contribution in [2.75, 3.05) is 5.32 Å². The molecule has 0 saturated heterocycles. The van der Waals surface area contributed by atoms with E-state index in [0.717, 1.165) is 29.3 Å². The maximum Gasteiger partial charge on any atom is 0.258 e. The van der Waals surface area contributed by atoms with Crippen LogP contribution in [-0.4, -0.2) is 5.91 Å². The minimum absolute atomic E-state index is 0.206. The summed E-state index contributed by atoms with van der Waals surface area (Å²) in [5.74, 6) is -1.83. The second-order valence-electron chi connectivity index (χ2n) is 5.27. The van der Waals surface area contributed by atoms with Crippen LogP contribution in [0.1, 0.15) is 41.3 Å². The largest absolute Gasteiger partial charge is 0.321 e. The van der Waals surface area contributed by atoms with Gasteiger partial charge >= 0.3 is 0 Å². The molecule has 0 aliphatic rings. The molecule has 1 amide bonds. The van der Waals surface area contributed by atoms with Gasteiger partial charge in [0.05, 0.1) is 5.56 Å². The molecule has 110 valence electrons. The topological polar surface area (TPSA) is 29.1 Å². The Hall–Kier alpha value is -2.23. The van der Waals surface area contributed by atoms with Gasteiger partial charge in [0.1, 0.15) is 11.6 Å². The number of nitrogens with one attached hydrogen (secondary N) is 1. The Morgan fingerprint density at radius 3 is 2.52 bits per heavy atom. The molecule has 0 fully saturated rings. The first-order valence-corrected chi connectivity index (χ1v) is 6.76. The average Bonchev–Trinajstić information content (AvgIpc) is 2.43. The monoisotopic (exact) mass is 289 g/mol. The molecule has 2 nitrogen and oxygen atoms in total. The van der Waals surface area contributed by atoms with E-state index in [0.29, 0.717) is 5.69 Å². The minimum atomic E-state index is -0.742. The zero-order chi connectivity index (χ0) is 15.6. The van der Waals surface area contributed by atoms with Gasteiger partial charge in [0.2, 0.25) is 0 Å². The van der Waals surface area contributed by atoms with Crippen molar-refractivity contribution < 1.29 is 13.6 Å². The lowest BCUT2D eigenvalue weighted by Crippen LogP contribution is -2.16. The molecule has 0 bridgehead atoms. The van der Waals surface area contributed by atoms with E-state index in [9.17, 15) is 13.6 Å². The second-order valence-corrected chi connectivity index (χ2v) is 5.27. The summed E-state index contributed by atoms with van der Waals surface area (Å²) in [5.41, 5.74) is 2.20. The number of carbonyl (C=O) groups is 1. The minimum Gasteiger partial charge on any atom is -0.321 e. The van der Waals surface area contributed by atoms with Crippen LogP contribution in [-0.2, 0) is 0 Å². The van der Waals surface area contributed by atoms with Gasteiger partial charge in [-0.15, -0.1) is 0 Å². The fourth-order valence-corrected chi connectivity index (χ4v) is 2.19. The Kier molecular flexibility index (Phi) is 4.36. The number of halogens is 2. The number of aryl methyl sites for hydroxylation is 1. The lowest BCUT2D eigenvalue weighted by atomic mass is 9.98. The molecule has 2 aromatic carbocycles. The van der Waals surface area contributed by atoms with Gasteiger partial charge in [-0.3, -0.25) is 4.79 Å². The Labute approximate surface area is 122 Å². The lowest BCUT2D eigenvalue weighted by molar-refractivity contribution is 0.102. The van der Waals surface area contributed by atoms with Gasteiger partial charge in [-0.25, -0.2) is 8.78 Å². The molecule has 0 aliphatic carbocycles. The standard InChI is InChI=1S/C17H17F2NO/c1-10(2)13-6-4-5-11(3)16(13)20-17(21)14-9-12(18)7-8-15(14)19/h4-10H,1-3H3,(H,20,21). The summed E-state index contributed by atoms with van der Waals surface area (Å²) in [4.78, 5) is 12.2. The van der Waals surface area contributed by atoms with Crippen molar-refractivity contribution in [3.8, 4) is 0 Å². The molecule has 21 heavy (non-hydrogen) atoms. The summed E-state index contributed by atoms with van der Waals surface area (Å²) >= 11 is 0. The zero-order valence-electron chi connectivity index (χ0n) is 12.2. The van der Waals surface area contributed by atoms with Crippen LogP contribution in [0.15, 0.2) is 36.4 Å². The number of amides is 1. The van der Waals surface area contributed by atoms with Crippen LogP contribution in [0.4, 0.5) is 14.5 Å². The molecule has 0 heterocycles. The lowest BCUT2D eigenvalue weighted by Gasteiger charge is -2.16. The molecule has 2 aromatic rings. The maximum atomic E-state index is 13.7. The Balaban J connectivity index is 2.38. The number of hydrogen-bond acceptors (Lipinski definition) is 1. The predicted molar refractivity (Wildman–Crippen MR) is 79.6 cm³/mol. The molecule has 0 aromatic heterocycles. The van der Waals surface area contributed by atoms with Crippen LogP contribution >= 0.6 is 0 Å². The quantitative estimate of drug-likeness (QED) is 0.875. The van der Waals surface area contributed by atoms with Crippen molar-refractivity contribution in [2.45, 2.75) is 26.7 Å². The first kappa shape index (κ1) is 15.2. The summed E-state index contributed by atoms with van der Waals surface area (Å²) in [6.07, 6.45) is 0. The van der Waals surface area contributed by atoms with E-state index in [1.165, 1.54) is 0 Å². The summed E-state index contributed by atoms with van der Waals surface area (Å²) in [5, 5.41) is 2.70. The van der Waals surface area contributed by atoms with E-state index in [1.54, 1.807) is 0 Å². The van der Waals surface area contributed by atoms with Gasteiger partial charge in [-0.05, 0) is 42.2 Å². The van der Waals surface area contributed by atoms with Gasteiger partial charge < -0.3 is 5.32 Å². The number of carbonyl (C=O) groups excluding carboxylic acids is 1. The Morgan fingerprint density at radius 1 is 1.14 bits per heavy atom. The number of hydrogen-bond donors (Lipinski definition) is 1.